The first-order valence-electron chi connectivity index (χ1n) is 10.8. The number of aromatic nitrogens is 2. The fourth-order valence-electron chi connectivity index (χ4n) is 3.43. The van der Waals surface area contributed by atoms with E-state index in [0.717, 1.165) is 5.56 Å². The molecule has 0 unspecified atom stereocenters. The topological polar surface area (TPSA) is 86.4 Å². The van der Waals surface area contributed by atoms with Gasteiger partial charge in [-0.1, -0.05) is 35.5 Å². The van der Waals surface area contributed by atoms with Gasteiger partial charge >= 0.3 is 0 Å². The highest BCUT2D eigenvalue weighted by Crippen LogP contribution is 2.24. The van der Waals surface area contributed by atoms with E-state index < -0.39 is 0 Å². The number of ether oxygens (including phenoxy) is 1. The number of nitrogens with zero attached hydrogens (tertiary/aromatic N) is 2. The zero-order chi connectivity index (χ0) is 23.9. The van der Waals surface area contributed by atoms with E-state index in [9.17, 15) is 9.59 Å². The number of halogens is 1. The summed E-state index contributed by atoms with van der Waals surface area (Å²) in [4.78, 5) is 30.1. The van der Waals surface area contributed by atoms with Crippen molar-refractivity contribution in [3.8, 4) is 11.3 Å². The van der Waals surface area contributed by atoms with Gasteiger partial charge in [0.2, 0.25) is 5.91 Å². The Balaban J connectivity index is 1.39. The van der Waals surface area contributed by atoms with Crippen LogP contribution in [0.25, 0.3) is 22.2 Å². The molecule has 4 rings (SSSR count). The van der Waals surface area contributed by atoms with Gasteiger partial charge in [0, 0.05) is 30.8 Å². The molecule has 0 saturated heterocycles. The first-order valence-corrected chi connectivity index (χ1v) is 12.1. The number of para-hydroxylation sites is 1. The predicted octanol–water partition coefficient (Wildman–Crippen LogP) is 4.75. The summed E-state index contributed by atoms with van der Waals surface area (Å²) in [5.74, 6) is 1.29. The zero-order valence-electron chi connectivity index (χ0n) is 18.6. The number of hydrogen-bond donors (Lipinski definition) is 1. The molecule has 0 bridgehead atoms. The molecule has 2 heterocycles. The summed E-state index contributed by atoms with van der Waals surface area (Å²) < 4.78 is 12.6. The molecule has 1 N–H and O–H groups in total. The van der Waals surface area contributed by atoms with E-state index in [1.54, 1.807) is 35.9 Å². The van der Waals surface area contributed by atoms with Gasteiger partial charge in [-0.3, -0.25) is 14.2 Å². The van der Waals surface area contributed by atoms with Crippen molar-refractivity contribution in [1.29, 1.82) is 0 Å². The second-order valence-corrected chi connectivity index (χ2v) is 8.93. The number of carbonyl (C=O) groups excluding carboxylic acids is 1. The number of fused-ring (bicyclic) bond motifs is 1. The second-order valence-electron chi connectivity index (χ2n) is 7.55. The van der Waals surface area contributed by atoms with Gasteiger partial charge in [0.1, 0.15) is 11.5 Å². The molecule has 0 spiro atoms. The predicted molar refractivity (Wildman–Crippen MR) is 134 cm³/mol. The number of nitrogens with one attached hydrogen (secondary N) is 1. The Morgan fingerprint density at radius 1 is 1.15 bits per heavy atom. The molecule has 7 nitrogen and oxygen atoms in total. The Morgan fingerprint density at radius 3 is 2.74 bits per heavy atom. The summed E-state index contributed by atoms with van der Waals surface area (Å²) in [7, 11) is 1.62. The first-order chi connectivity index (χ1) is 16.5. The number of benzene rings is 2. The van der Waals surface area contributed by atoms with Crippen molar-refractivity contribution in [2.75, 3.05) is 19.5 Å². The standard InChI is InChI=1S/C25H24ClN3O4S/c1-32-14-4-13-29-24(31)20-5-2-3-6-21(20)28-25(29)34-16-23(30)27-15-19-11-12-22(33-19)17-7-9-18(26)10-8-17/h2-3,5-12H,4,13-16H2,1H3,(H,27,30). The highest BCUT2D eigenvalue weighted by molar-refractivity contribution is 7.99. The van der Waals surface area contributed by atoms with Gasteiger partial charge in [0.25, 0.3) is 5.56 Å². The van der Waals surface area contributed by atoms with E-state index in [4.69, 9.17) is 20.8 Å². The number of hydrogen-bond acceptors (Lipinski definition) is 6. The number of amides is 1. The number of methoxy groups -OCH3 is 1. The van der Waals surface area contributed by atoms with Crippen LogP contribution in [-0.2, 0) is 22.6 Å². The van der Waals surface area contributed by atoms with Crippen molar-refractivity contribution < 1.29 is 13.9 Å². The molecular formula is C25H24ClN3O4S. The lowest BCUT2D eigenvalue weighted by Gasteiger charge is -2.13. The Kier molecular flexibility index (Phi) is 8.05. The van der Waals surface area contributed by atoms with E-state index >= 15 is 0 Å². The van der Waals surface area contributed by atoms with Crippen molar-refractivity contribution in [1.82, 2.24) is 14.9 Å². The Hall–Kier alpha value is -3.07. The van der Waals surface area contributed by atoms with Gasteiger partial charge in [-0.2, -0.15) is 0 Å². The monoisotopic (exact) mass is 497 g/mol. The maximum absolute atomic E-state index is 13.0. The third-order valence-electron chi connectivity index (χ3n) is 5.14. The lowest BCUT2D eigenvalue weighted by molar-refractivity contribution is -0.118. The number of rotatable bonds is 10. The largest absolute Gasteiger partial charge is 0.459 e. The van der Waals surface area contributed by atoms with Crippen LogP contribution in [-0.4, -0.2) is 34.9 Å². The van der Waals surface area contributed by atoms with Gasteiger partial charge in [-0.25, -0.2) is 4.98 Å². The molecule has 2 aromatic heterocycles. The quantitative estimate of drug-likeness (QED) is 0.193. The number of carbonyl (C=O) groups is 1. The van der Waals surface area contributed by atoms with Crippen LogP contribution in [0.2, 0.25) is 5.02 Å². The molecule has 2 aromatic carbocycles. The smallest absolute Gasteiger partial charge is 0.262 e. The van der Waals surface area contributed by atoms with Gasteiger partial charge in [0.15, 0.2) is 5.16 Å². The van der Waals surface area contributed by atoms with Crippen molar-refractivity contribution >= 4 is 40.2 Å². The van der Waals surface area contributed by atoms with Crippen LogP contribution in [0.1, 0.15) is 12.2 Å². The maximum Gasteiger partial charge on any atom is 0.262 e. The van der Waals surface area contributed by atoms with Gasteiger partial charge in [0.05, 0.1) is 23.2 Å². The molecular weight excluding hydrogens is 474 g/mol. The SMILES string of the molecule is COCCCn1c(SCC(=O)NCc2ccc(-c3ccc(Cl)cc3)o2)nc2ccccc2c1=O. The number of thioether (sulfide) groups is 1. The molecule has 0 fully saturated rings. The minimum absolute atomic E-state index is 0.116. The molecule has 0 atom stereocenters. The summed E-state index contributed by atoms with van der Waals surface area (Å²) in [6.45, 7) is 1.26. The molecule has 34 heavy (non-hydrogen) atoms. The molecule has 4 aromatic rings. The van der Waals surface area contributed by atoms with Crippen molar-refractivity contribution in [3.05, 3.63) is 81.8 Å². The van der Waals surface area contributed by atoms with Crippen LogP contribution in [0.3, 0.4) is 0 Å². The van der Waals surface area contributed by atoms with Crippen molar-refractivity contribution in [3.63, 3.8) is 0 Å². The number of furan rings is 1. The summed E-state index contributed by atoms with van der Waals surface area (Å²) in [6, 6.07) is 18.3. The van der Waals surface area contributed by atoms with Gasteiger partial charge in [-0.15, -0.1) is 0 Å². The zero-order valence-corrected chi connectivity index (χ0v) is 20.2. The highest BCUT2D eigenvalue weighted by atomic mass is 35.5. The van der Waals surface area contributed by atoms with Crippen molar-refractivity contribution in [2.24, 2.45) is 0 Å². The van der Waals surface area contributed by atoms with E-state index in [1.165, 1.54) is 11.8 Å². The third kappa shape index (κ3) is 5.88. The Morgan fingerprint density at radius 2 is 1.94 bits per heavy atom. The Bertz CT molecular complexity index is 1330. The molecule has 0 saturated carbocycles. The van der Waals surface area contributed by atoms with E-state index in [-0.39, 0.29) is 23.8 Å². The second kappa shape index (κ2) is 11.4. The van der Waals surface area contributed by atoms with Crippen LogP contribution < -0.4 is 10.9 Å². The average molecular weight is 498 g/mol. The third-order valence-corrected chi connectivity index (χ3v) is 6.37. The van der Waals surface area contributed by atoms with Gasteiger partial charge < -0.3 is 14.5 Å². The molecule has 9 heteroatoms. The summed E-state index contributed by atoms with van der Waals surface area (Å²) in [6.07, 6.45) is 0.671. The molecule has 1 amide bonds. The van der Waals surface area contributed by atoms with Crippen LogP contribution >= 0.6 is 23.4 Å². The van der Waals surface area contributed by atoms with E-state index in [0.29, 0.717) is 52.2 Å². The molecule has 0 aliphatic heterocycles. The fourth-order valence-corrected chi connectivity index (χ4v) is 4.41. The van der Waals surface area contributed by atoms with Crippen LogP contribution in [0.15, 0.2) is 75.0 Å². The lowest BCUT2D eigenvalue weighted by Crippen LogP contribution is -2.27. The minimum Gasteiger partial charge on any atom is -0.459 e. The Labute approximate surface area is 206 Å². The molecule has 0 aliphatic carbocycles. The van der Waals surface area contributed by atoms with Crippen LogP contribution in [0.4, 0.5) is 0 Å². The van der Waals surface area contributed by atoms with Crippen molar-refractivity contribution in [2.45, 2.75) is 24.7 Å². The van der Waals surface area contributed by atoms with Gasteiger partial charge in [-0.05, 0) is 55.0 Å². The first kappa shape index (κ1) is 24.1. The van der Waals surface area contributed by atoms with E-state index in [1.807, 2.05) is 36.4 Å². The normalized spacial score (nSPS) is 11.1. The molecule has 0 radical (unpaired) electrons. The van der Waals surface area contributed by atoms with Crippen LogP contribution in [0, 0.1) is 0 Å². The minimum atomic E-state index is -0.180. The van der Waals surface area contributed by atoms with Crippen LogP contribution in [0.5, 0.6) is 0 Å². The fraction of sp³-hybridized carbons (Fsp3) is 0.240. The summed E-state index contributed by atoms with van der Waals surface area (Å²) in [5.41, 5.74) is 1.41. The summed E-state index contributed by atoms with van der Waals surface area (Å²) >= 11 is 7.17. The van der Waals surface area contributed by atoms with E-state index in [2.05, 4.69) is 10.3 Å². The lowest BCUT2D eigenvalue weighted by atomic mass is 10.2. The highest BCUT2D eigenvalue weighted by Gasteiger charge is 2.14. The molecule has 176 valence electrons. The maximum atomic E-state index is 13.0. The molecule has 0 aliphatic rings. The average Bonchev–Trinajstić information content (AvgIpc) is 3.32. The summed E-state index contributed by atoms with van der Waals surface area (Å²) in [5, 5.41) is 4.58.